The molecule has 0 aliphatic heterocycles. The minimum absolute atomic E-state index is 0.101. The molecule has 0 aromatic carbocycles. The van der Waals surface area contributed by atoms with Gasteiger partial charge in [-0.25, -0.2) is 9.13 Å². The summed E-state index contributed by atoms with van der Waals surface area (Å²) >= 11 is 0. The van der Waals surface area contributed by atoms with Gasteiger partial charge < -0.3 is 33.8 Å². The van der Waals surface area contributed by atoms with Crippen LogP contribution in [0.15, 0.2) is 0 Å². The monoisotopic (exact) mass is 1320 g/mol. The maximum atomic E-state index is 13.0. The van der Waals surface area contributed by atoms with Crippen molar-refractivity contribution in [3.05, 3.63) is 0 Å². The molecule has 3 N–H and O–H groups in total. The highest BCUT2D eigenvalue weighted by atomic mass is 31.2. The third-order valence-corrected chi connectivity index (χ3v) is 18.9. The second kappa shape index (κ2) is 60.7. The minimum atomic E-state index is -4.95. The molecular weight excluding hydrogens is 1190 g/mol. The van der Waals surface area contributed by atoms with E-state index in [1.165, 1.54) is 141 Å². The molecular formula is C71H138O17P2. The van der Waals surface area contributed by atoms with Gasteiger partial charge in [-0.05, 0) is 49.4 Å². The van der Waals surface area contributed by atoms with Crippen molar-refractivity contribution >= 4 is 39.5 Å². The number of unbranched alkanes of at least 4 members (excludes halogenated alkanes) is 32. The van der Waals surface area contributed by atoms with Crippen molar-refractivity contribution in [3.63, 3.8) is 0 Å². The fourth-order valence-electron chi connectivity index (χ4n) is 10.6. The van der Waals surface area contributed by atoms with Crippen LogP contribution in [0, 0.1) is 23.7 Å². The summed E-state index contributed by atoms with van der Waals surface area (Å²) in [5.41, 5.74) is 0. The Hall–Kier alpha value is -1.94. The number of rotatable bonds is 68. The summed E-state index contributed by atoms with van der Waals surface area (Å²) in [6.45, 7) is 14.0. The molecule has 0 aliphatic rings. The first-order chi connectivity index (χ1) is 43.2. The van der Waals surface area contributed by atoms with E-state index in [0.717, 1.165) is 115 Å². The van der Waals surface area contributed by atoms with Gasteiger partial charge in [0.15, 0.2) is 12.2 Å². The number of aliphatic hydroxyl groups is 1. The Morgan fingerprint density at radius 3 is 0.789 bits per heavy atom. The van der Waals surface area contributed by atoms with Gasteiger partial charge in [0.2, 0.25) is 0 Å². The molecule has 0 saturated carbocycles. The molecule has 0 aliphatic carbocycles. The van der Waals surface area contributed by atoms with Crippen LogP contribution in [0.3, 0.4) is 0 Å². The molecule has 19 heteroatoms. The quantitative estimate of drug-likeness (QED) is 0.0222. The van der Waals surface area contributed by atoms with Crippen LogP contribution >= 0.6 is 15.6 Å². The Morgan fingerprint density at radius 1 is 0.311 bits per heavy atom. The van der Waals surface area contributed by atoms with E-state index in [4.69, 9.17) is 37.0 Å². The number of esters is 4. The fourth-order valence-corrected chi connectivity index (χ4v) is 12.2. The van der Waals surface area contributed by atoms with E-state index in [-0.39, 0.29) is 25.7 Å². The van der Waals surface area contributed by atoms with Crippen LogP contribution in [0.25, 0.3) is 0 Å². The maximum absolute atomic E-state index is 13.0. The van der Waals surface area contributed by atoms with E-state index in [1.54, 1.807) is 0 Å². The van der Waals surface area contributed by atoms with E-state index in [1.807, 2.05) is 0 Å². The predicted octanol–water partition coefficient (Wildman–Crippen LogP) is 20.1. The van der Waals surface area contributed by atoms with Gasteiger partial charge in [0.05, 0.1) is 26.4 Å². The first kappa shape index (κ1) is 88.1. The number of hydrogen-bond acceptors (Lipinski definition) is 15. The summed E-state index contributed by atoms with van der Waals surface area (Å²) in [4.78, 5) is 72.4. The van der Waals surface area contributed by atoms with Crippen LogP contribution in [0.1, 0.15) is 351 Å². The first-order valence-corrected chi connectivity index (χ1v) is 39.8. The van der Waals surface area contributed by atoms with Gasteiger partial charge in [-0.2, -0.15) is 0 Å². The van der Waals surface area contributed by atoms with Crippen molar-refractivity contribution in [1.82, 2.24) is 0 Å². The SMILES string of the molecule is CCC(C)CCCCCCCCCCCCCCCCCCCCC(=O)O[C@H](COC(=O)CCCCCCCCC(C)C)COP(=O)(O)OC[C@H](O)COP(=O)(O)OC[C@@H](COC(=O)CCCCCCCCC(C)C)OC(=O)CCCCCCCCC(C)CC. The molecule has 4 unspecified atom stereocenters. The van der Waals surface area contributed by atoms with Gasteiger partial charge in [0, 0.05) is 25.7 Å². The predicted molar refractivity (Wildman–Crippen MR) is 363 cm³/mol. The molecule has 90 heavy (non-hydrogen) atoms. The molecule has 534 valence electrons. The fraction of sp³-hybridized carbons (Fsp3) is 0.944. The molecule has 0 aromatic heterocycles. The van der Waals surface area contributed by atoms with Crippen LogP contribution in [0.4, 0.5) is 0 Å². The zero-order valence-corrected chi connectivity index (χ0v) is 60.6. The van der Waals surface area contributed by atoms with E-state index >= 15 is 0 Å². The highest BCUT2D eigenvalue weighted by Gasteiger charge is 2.30. The third-order valence-electron chi connectivity index (χ3n) is 17.0. The molecule has 0 spiro atoms. The highest BCUT2D eigenvalue weighted by molar-refractivity contribution is 7.47. The average Bonchev–Trinajstić information content (AvgIpc) is 3.59. The molecule has 7 atom stereocenters. The summed E-state index contributed by atoms with van der Waals surface area (Å²) in [5, 5.41) is 10.6. The van der Waals surface area contributed by atoms with Gasteiger partial charge in [0.25, 0.3) is 0 Å². The zero-order valence-electron chi connectivity index (χ0n) is 58.8. The van der Waals surface area contributed by atoms with Crippen molar-refractivity contribution < 1.29 is 80.2 Å². The molecule has 0 heterocycles. The summed E-state index contributed by atoms with van der Waals surface area (Å²) in [6.07, 6.45) is 43.6. The summed E-state index contributed by atoms with van der Waals surface area (Å²) in [6, 6.07) is 0. The van der Waals surface area contributed by atoms with Crippen molar-refractivity contribution in [2.75, 3.05) is 39.6 Å². The van der Waals surface area contributed by atoms with E-state index in [2.05, 4.69) is 55.4 Å². The first-order valence-electron chi connectivity index (χ1n) is 36.8. The number of carbonyl (C=O) groups excluding carboxylic acids is 4. The summed E-state index contributed by atoms with van der Waals surface area (Å²) < 4.78 is 68.2. The lowest BCUT2D eigenvalue weighted by Gasteiger charge is -2.21. The van der Waals surface area contributed by atoms with Crippen LogP contribution < -0.4 is 0 Å². The molecule has 0 fully saturated rings. The van der Waals surface area contributed by atoms with Gasteiger partial charge in [-0.3, -0.25) is 37.3 Å². The Balaban J connectivity index is 5.12. The lowest BCUT2D eigenvalue weighted by Crippen LogP contribution is -2.30. The second-order valence-electron chi connectivity index (χ2n) is 27.1. The lowest BCUT2D eigenvalue weighted by molar-refractivity contribution is -0.161. The van der Waals surface area contributed by atoms with Crippen molar-refractivity contribution in [3.8, 4) is 0 Å². The van der Waals surface area contributed by atoms with Crippen molar-refractivity contribution in [2.45, 2.75) is 369 Å². The lowest BCUT2D eigenvalue weighted by atomic mass is 9.99. The second-order valence-corrected chi connectivity index (χ2v) is 30.0. The number of aliphatic hydroxyl groups excluding tert-OH is 1. The minimum Gasteiger partial charge on any atom is -0.462 e. The molecule has 0 saturated heterocycles. The number of carbonyl (C=O) groups is 4. The maximum Gasteiger partial charge on any atom is 0.472 e. The standard InChI is InChI=1S/C71H138O17P2/c1-9-63(7)49-41-33-23-21-19-17-15-13-11-12-14-16-18-20-22-24-37-45-53-70(75)87-66(57-81-68(73)51-43-35-28-25-31-39-47-61(3)4)59-85-89(77,78)83-55-65(72)56-84-90(79,80)86-60-67(58-82-69(74)52-44-36-29-26-32-40-48-62(5)6)88-71(76)54-46-38-30-27-34-42-50-64(8)10-2/h61-67,72H,9-60H2,1-8H3,(H,77,78)(H,79,80)/t63?,64?,65-,66+,67+/m0/s1. The van der Waals surface area contributed by atoms with Crippen LogP contribution in [0.2, 0.25) is 0 Å². The van der Waals surface area contributed by atoms with Crippen molar-refractivity contribution in [1.29, 1.82) is 0 Å². The van der Waals surface area contributed by atoms with Crippen molar-refractivity contribution in [2.24, 2.45) is 23.7 Å². The largest absolute Gasteiger partial charge is 0.472 e. The van der Waals surface area contributed by atoms with E-state index < -0.39 is 97.5 Å². The Bertz CT molecular complexity index is 1790. The number of phosphoric acid groups is 2. The Kier molecular flexibility index (Phi) is 59.4. The normalized spacial score (nSPS) is 14.9. The smallest absolute Gasteiger partial charge is 0.462 e. The van der Waals surface area contributed by atoms with Gasteiger partial charge in [0.1, 0.15) is 19.3 Å². The third kappa shape index (κ3) is 62.2. The molecule has 0 radical (unpaired) electrons. The molecule has 0 aromatic rings. The molecule has 17 nitrogen and oxygen atoms in total. The van der Waals surface area contributed by atoms with Crippen LogP contribution in [-0.2, 0) is 65.4 Å². The van der Waals surface area contributed by atoms with Gasteiger partial charge >= 0.3 is 39.5 Å². The van der Waals surface area contributed by atoms with Gasteiger partial charge in [-0.1, -0.05) is 299 Å². The van der Waals surface area contributed by atoms with Crippen LogP contribution in [-0.4, -0.2) is 96.7 Å². The highest BCUT2D eigenvalue weighted by Crippen LogP contribution is 2.45. The number of phosphoric ester groups is 2. The van der Waals surface area contributed by atoms with E-state index in [9.17, 15) is 43.2 Å². The topological polar surface area (TPSA) is 237 Å². The molecule has 0 amide bonds. The summed E-state index contributed by atoms with van der Waals surface area (Å²) in [7, 11) is -9.90. The van der Waals surface area contributed by atoms with E-state index in [0.29, 0.717) is 37.5 Å². The molecule has 0 rings (SSSR count). The Morgan fingerprint density at radius 2 is 0.533 bits per heavy atom. The average molecular weight is 1330 g/mol. The summed E-state index contributed by atoms with van der Waals surface area (Å²) in [5.74, 6) is 0.813. The zero-order chi connectivity index (χ0) is 66.8. The molecule has 0 bridgehead atoms. The Labute approximate surface area is 549 Å². The number of ether oxygens (including phenoxy) is 4. The number of hydrogen-bond donors (Lipinski definition) is 3. The van der Waals surface area contributed by atoms with Gasteiger partial charge in [-0.15, -0.1) is 0 Å². The van der Waals surface area contributed by atoms with Crippen LogP contribution in [0.5, 0.6) is 0 Å².